The lowest BCUT2D eigenvalue weighted by molar-refractivity contribution is 1.30. The normalized spacial score (nSPS) is 11.1. The first kappa shape index (κ1) is 30.2. The maximum atomic E-state index is 2.39. The maximum Gasteiger partial charge on any atom is 0.0540 e. The van der Waals surface area contributed by atoms with Crippen molar-refractivity contribution in [3.8, 4) is 44.5 Å². The van der Waals surface area contributed by atoms with Gasteiger partial charge in [0, 0.05) is 16.8 Å². The van der Waals surface area contributed by atoms with Gasteiger partial charge in [0.05, 0.1) is 5.69 Å². The second-order valence-corrected chi connectivity index (χ2v) is 12.7. The summed E-state index contributed by atoms with van der Waals surface area (Å²) in [5.41, 5.74) is 15.8. The first-order chi connectivity index (χ1) is 24.1. The molecule has 1 heteroatoms. The molecule has 0 aliphatic rings. The lowest BCUT2D eigenvalue weighted by Gasteiger charge is -2.27. The van der Waals surface area contributed by atoms with Gasteiger partial charge in [0.2, 0.25) is 0 Å². The van der Waals surface area contributed by atoms with Crippen LogP contribution in [0.2, 0.25) is 0 Å². The average molecular weight is 628 g/mol. The predicted molar refractivity (Wildman–Crippen MR) is 210 cm³/mol. The SMILES string of the molecule is Cc1ccccc1-c1ccc(-c2ccccc2-c2cccc(N(c3ccc(-c4ccccc4)cc3)c3cccc4ccccc34)c2)cc1C. The lowest BCUT2D eigenvalue weighted by atomic mass is 9.90. The summed E-state index contributed by atoms with van der Waals surface area (Å²) in [7, 11) is 0. The van der Waals surface area contributed by atoms with Gasteiger partial charge in [0.1, 0.15) is 0 Å². The van der Waals surface area contributed by atoms with E-state index >= 15 is 0 Å². The van der Waals surface area contributed by atoms with E-state index in [1.165, 1.54) is 66.4 Å². The van der Waals surface area contributed by atoms with E-state index < -0.39 is 0 Å². The van der Waals surface area contributed by atoms with Gasteiger partial charge in [-0.2, -0.15) is 0 Å². The van der Waals surface area contributed by atoms with E-state index in [4.69, 9.17) is 0 Å². The molecule has 8 aromatic carbocycles. The summed E-state index contributed by atoms with van der Waals surface area (Å²) in [5.74, 6) is 0. The number of nitrogens with zero attached hydrogens (tertiary/aromatic N) is 1. The molecule has 0 saturated heterocycles. The van der Waals surface area contributed by atoms with Gasteiger partial charge in [-0.05, 0) is 105 Å². The molecule has 8 rings (SSSR count). The smallest absolute Gasteiger partial charge is 0.0540 e. The standard InChI is InChI=1S/C48H37N/c1-34-14-6-8-21-43(34)44-31-28-40(32-35(44)2)46-23-11-10-22-45(46)39-19-12-20-42(33-39)49(48-25-13-18-38-17-7-9-24-47(38)48)41-29-26-37(27-30-41)36-15-4-3-5-16-36/h3-33H,1-2H3. The minimum atomic E-state index is 1.11. The zero-order chi connectivity index (χ0) is 33.2. The molecule has 234 valence electrons. The summed E-state index contributed by atoms with van der Waals surface area (Å²) in [5, 5.41) is 2.43. The van der Waals surface area contributed by atoms with Gasteiger partial charge >= 0.3 is 0 Å². The van der Waals surface area contributed by atoms with E-state index in [-0.39, 0.29) is 0 Å². The van der Waals surface area contributed by atoms with Crippen LogP contribution in [0.15, 0.2) is 188 Å². The zero-order valence-electron chi connectivity index (χ0n) is 27.8. The Labute approximate surface area is 289 Å². The molecule has 1 nitrogen and oxygen atoms in total. The van der Waals surface area contributed by atoms with Crippen molar-refractivity contribution in [1.29, 1.82) is 0 Å². The second kappa shape index (κ2) is 13.1. The Morgan fingerprint density at radius 2 is 0.878 bits per heavy atom. The third-order valence-electron chi connectivity index (χ3n) is 9.56. The van der Waals surface area contributed by atoms with E-state index in [0.29, 0.717) is 0 Å². The van der Waals surface area contributed by atoms with Gasteiger partial charge in [0.15, 0.2) is 0 Å². The van der Waals surface area contributed by atoms with Crippen molar-refractivity contribution in [3.05, 3.63) is 199 Å². The Bertz CT molecular complexity index is 2400. The van der Waals surface area contributed by atoms with Crippen LogP contribution in [-0.4, -0.2) is 0 Å². The lowest BCUT2D eigenvalue weighted by Crippen LogP contribution is -2.10. The van der Waals surface area contributed by atoms with E-state index in [0.717, 1.165) is 17.1 Å². The van der Waals surface area contributed by atoms with E-state index in [9.17, 15) is 0 Å². The third kappa shape index (κ3) is 5.92. The van der Waals surface area contributed by atoms with Crippen LogP contribution < -0.4 is 4.90 Å². The van der Waals surface area contributed by atoms with Crippen molar-refractivity contribution < 1.29 is 0 Å². The average Bonchev–Trinajstić information content (AvgIpc) is 3.16. The molecule has 0 aromatic heterocycles. The van der Waals surface area contributed by atoms with Crippen LogP contribution in [0.3, 0.4) is 0 Å². The van der Waals surface area contributed by atoms with Gasteiger partial charge in [-0.3, -0.25) is 0 Å². The van der Waals surface area contributed by atoms with Crippen molar-refractivity contribution in [2.24, 2.45) is 0 Å². The topological polar surface area (TPSA) is 3.24 Å². The quantitative estimate of drug-likeness (QED) is 0.170. The van der Waals surface area contributed by atoms with Crippen molar-refractivity contribution in [1.82, 2.24) is 0 Å². The molecule has 0 amide bonds. The van der Waals surface area contributed by atoms with Crippen LogP contribution in [0.25, 0.3) is 55.3 Å². The van der Waals surface area contributed by atoms with Crippen molar-refractivity contribution >= 4 is 27.8 Å². The number of hydrogen-bond acceptors (Lipinski definition) is 1. The molecule has 0 radical (unpaired) electrons. The molecule has 49 heavy (non-hydrogen) atoms. The zero-order valence-corrected chi connectivity index (χ0v) is 27.8. The first-order valence-corrected chi connectivity index (χ1v) is 16.9. The molecule has 0 heterocycles. The molecule has 0 N–H and O–H groups in total. The molecular formula is C48H37N. The van der Waals surface area contributed by atoms with Crippen LogP contribution >= 0.6 is 0 Å². The summed E-state index contributed by atoms with van der Waals surface area (Å²) < 4.78 is 0. The minimum Gasteiger partial charge on any atom is -0.310 e. The molecule has 0 atom stereocenters. The molecule has 8 aromatic rings. The van der Waals surface area contributed by atoms with Gasteiger partial charge in [0.25, 0.3) is 0 Å². The van der Waals surface area contributed by atoms with Crippen molar-refractivity contribution in [2.75, 3.05) is 4.90 Å². The number of hydrogen-bond donors (Lipinski definition) is 0. The van der Waals surface area contributed by atoms with Gasteiger partial charge in [-0.1, -0.05) is 158 Å². The highest BCUT2D eigenvalue weighted by molar-refractivity contribution is 5.99. The number of aryl methyl sites for hydroxylation is 2. The molecule has 0 aliphatic carbocycles. The number of anilines is 3. The number of rotatable bonds is 7. The van der Waals surface area contributed by atoms with Crippen LogP contribution in [0.4, 0.5) is 17.1 Å². The molecule has 0 saturated carbocycles. The van der Waals surface area contributed by atoms with Crippen LogP contribution in [0.5, 0.6) is 0 Å². The molecular weight excluding hydrogens is 591 g/mol. The Morgan fingerprint density at radius 3 is 1.63 bits per heavy atom. The highest BCUT2D eigenvalue weighted by atomic mass is 15.1. The highest BCUT2D eigenvalue weighted by Crippen LogP contribution is 2.42. The molecule has 0 spiro atoms. The summed E-state index contributed by atoms with van der Waals surface area (Å²) in [6.07, 6.45) is 0. The Morgan fingerprint density at radius 1 is 0.327 bits per heavy atom. The van der Waals surface area contributed by atoms with Crippen LogP contribution in [-0.2, 0) is 0 Å². The fourth-order valence-electron chi connectivity index (χ4n) is 7.07. The fraction of sp³-hybridized carbons (Fsp3) is 0.0417. The molecule has 0 bridgehead atoms. The minimum absolute atomic E-state index is 1.11. The Hall–Kier alpha value is -6.18. The first-order valence-electron chi connectivity index (χ1n) is 16.9. The third-order valence-corrected chi connectivity index (χ3v) is 9.56. The number of fused-ring (bicyclic) bond motifs is 1. The van der Waals surface area contributed by atoms with Gasteiger partial charge in [-0.25, -0.2) is 0 Å². The Balaban J connectivity index is 1.24. The monoisotopic (exact) mass is 627 g/mol. The summed E-state index contributed by atoms with van der Waals surface area (Å²) in [6.45, 7) is 4.41. The van der Waals surface area contributed by atoms with Gasteiger partial charge in [-0.15, -0.1) is 0 Å². The summed E-state index contributed by atoms with van der Waals surface area (Å²) >= 11 is 0. The molecule has 0 aliphatic heterocycles. The highest BCUT2D eigenvalue weighted by Gasteiger charge is 2.17. The largest absolute Gasteiger partial charge is 0.310 e. The molecule has 0 unspecified atom stereocenters. The van der Waals surface area contributed by atoms with Gasteiger partial charge < -0.3 is 4.90 Å². The van der Waals surface area contributed by atoms with Crippen molar-refractivity contribution in [3.63, 3.8) is 0 Å². The maximum absolute atomic E-state index is 2.39. The summed E-state index contributed by atoms with van der Waals surface area (Å²) in [4.78, 5) is 2.39. The van der Waals surface area contributed by atoms with Crippen LogP contribution in [0.1, 0.15) is 11.1 Å². The number of benzene rings is 8. The Kier molecular flexibility index (Phi) is 8.09. The summed E-state index contributed by atoms with van der Waals surface area (Å²) in [6, 6.07) is 68.0. The van der Waals surface area contributed by atoms with Crippen LogP contribution in [0, 0.1) is 13.8 Å². The second-order valence-electron chi connectivity index (χ2n) is 12.7. The molecule has 0 fully saturated rings. The van der Waals surface area contributed by atoms with E-state index in [1.54, 1.807) is 0 Å². The van der Waals surface area contributed by atoms with E-state index in [2.05, 4.69) is 207 Å². The van der Waals surface area contributed by atoms with Crippen molar-refractivity contribution in [2.45, 2.75) is 13.8 Å². The fourth-order valence-corrected chi connectivity index (χ4v) is 7.07. The predicted octanol–water partition coefficient (Wildman–Crippen LogP) is 13.6. The van der Waals surface area contributed by atoms with E-state index in [1.807, 2.05) is 0 Å².